The van der Waals surface area contributed by atoms with E-state index in [2.05, 4.69) is 61.8 Å². The molecule has 1 N–H and O–H groups in total. The van der Waals surface area contributed by atoms with Crippen molar-refractivity contribution in [2.75, 3.05) is 6.54 Å². The Morgan fingerprint density at radius 2 is 1.95 bits per heavy atom. The van der Waals surface area contributed by atoms with Crippen LogP contribution in [0.5, 0.6) is 0 Å². The molecule has 1 aliphatic rings. The predicted molar refractivity (Wildman–Crippen MR) is 86.5 cm³/mol. The Balaban J connectivity index is 1.70. The van der Waals surface area contributed by atoms with E-state index in [9.17, 15) is 0 Å². The molecule has 21 heavy (non-hydrogen) atoms. The summed E-state index contributed by atoms with van der Waals surface area (Å²) in [6, 6.07) is 14.2. The van der Waals surface area contributed by atoms with Gasteiger partial charge in [-0.15, -0.1) is 0 Å². The molecule has 1 aromatic carbocycles. The van der Waals surface area contributed by atoms with Gasteiger partial charge in [-0.25, -0.2) is 0 Å². The molecule has 0 aliphatic heterocycles. The lowest BCUT2D eigenvalue weighted by molar-refractivity contribution is 0.516. The van der Waals surface area contributed by atoms with Gasteiger partial charge in [0.1, 0.15) is 0 Å². The van der Waals surface area contributed by atoms with Crippen LogP contribution >= 0.6 is 0 Å². The quantitative estimate of drug-likeness (QED) is 0.842. The number of nitrogens with zero attached hydrogens (tertiary/aromatic N) is 2. The number of hydrogen-bond acceptors (Lipinski definition) is 2. The van der Waals surface area contributed by atoms with Crippen LogP contribution in [0.25, 0.3) is 0 Å². The van der Waals surface area contributed by atoms with Gasteiger partial charge in [0.05, 0.1) is 5.69 Å². The molecule has 2 aromatic rings. The third kappa shape index (κ3) is 3.94. The number of benzene rings is 1. The van der Waals surface area contributed by atoms with Crippen LogP contribution in [0.3, 0.4) is 0 Å². The molecule has 0 bridgehead atoms. The second-order valence-electron chi connectivity index (χ2n) is 6.38. The summed E-state index contributed by atoms with van der Waals surface area (Å²) < 4.78 is 2.05. The molecule has 1 aromatic heterocycles. The second kappa shape index (κ2) is 6.44. The number of aromatic nitrogens is 2. The van der Waals surface area contributed by atoms with Crippen LogP contribution in [-0.4, -0.2) is 22.4 Å². The molecular formula is C18H25N3. The monoisotopic (exact) mass is 283 g/mol. The first-order chi connectivity index (χ1) is 10.2. The lowest BCUT2D eigenvalue weighted by Crippen LogP contribution is -2.25. The SMILES string of the molecule is CC(C)n1ccc(CC(CNC2CC2)c2ccccc2)n1. The smallest absolute Gasteiger partial charge is 0.0631 e. The topological polar surface area (TPSA) is 29.9 Å². The molecular weight excluding hydrogens is 258 g/mol. The average molecular weight is 283 g/mol. The first-order valence-corrected chi connectivity index (χ1v) is 8.04. The summed E-state index contributed by atoms with van der Waals surface area (Å²) in [7, 11) is 0. The highest BCUT2D eigenvalue weighted by Crippen LogP contribution is 2.23. The minimum atomic E-state index is 0.429. The Labute approximate surface area is 127 Å². The van der Waals surface area contributed by atoms with E-state index in [1.165, 1.54) is 24.1 Å². The molecule has 0 saturated heterocycles. The molecule has 0 amide bonds. The van der Waals surface area contributed by atoms with Crippen molar-refractivity contribution in [3.63, 3.8) is 0 Å². The first kappa shape index (κ1) is 14.3. The van der Waals surface area contributed by atoms with Gasteiger partial charge in [0.15, 0.2) is 0 Å². The molecule has 3 heteroatoms. The Morgan fingerprint density at radius 3 is 2.57 bits per heavy atom. The summed E-state index contributed by atoms with van der Waals surface area (Å²) in [5.41, 5.74) is 2.60. The molecule has 3 nitrogen and oxygen atoms in total. The van der Waals surface area contributed by atoms with Gasteiger partial charge in [-0.3, -0.25) is 4.68 Å². The number of nitrogens with one attached hydrogen (secondary N) is 1. The molecule has 3 rings (SSSR count). The number of rotatable bonds is 7. The molecule has 112 valence electrons. The van der Waals surface area contributed by atoms with Gasteiger partial charge in [-0.2, -0.15) is 5.10 Å². The van der Waals surface area contributed by atoms with Crippen LogP contribution in [0, 0.1) is 0 Å². The van der Waals surface area contributed by atoms with Crippen LogP contribution in [0.2, 0.25) is 0 Å². The maximum Gasteiger partial charge on any atom is 0.0631 e. The van der Waals surface area contributed by atoms with Crippen LogP contribution < -0.4 is 5.32 Å². The fourth-order valence-corrected chi connectivity index (χ4v) is 2.66. The molecule has 1 heterocycles. The third-order valence-corrected chi connectivity index (χ3v) is 4.15. The van der Waals surface area contributed by atoms with Crippen molar-refractivity contribution < 1.29 is 0 Å². The highest BCUT2D eigenvalue weighted by atomic mass is 15.3. The van der Waals surface area contributed by atoms with E-state index in [0.717, 1.165) is 19.0 Å². The molecule has 1 fully saturated rings. The van der Waals surface area contributed by atoms with Crippen molar-refractivity contribution in [2.45, 2.75) is 51.1 Å². The molecule has 0 spiro atoms. The lowest BCUT2D eigenvalue weighted by Gasteiger charge is -2.17. The highest BCUT2D eigenvalue weighted by molar-refractivity contribution is 5.22. The fourth-order valence-electron chi connectivity index (χ4n) is 2.66. The van der Waals surface area contributed by atoms with Crippen molar-refractivity contribution in [1.29, 1.82) is 0 Å². The first-order valence-electron chi connectivity index (χ1n) is 8.04. The van der Waals surface area contributed by atoms with Crippen LogP contribution in [-0.2, 0) is 6.42 Å². The summed E-state index contributed by atoms with van der Waals surface area (Å²) in [5.74, 6) is 0.502. The zero-order chi connectivity index (χ0) is 14.7. The van der Waals surface area contributed by atoms with E-state index in [1.807, 2.05) is 4.68 Å². The van der Waals surface area contributed by atoms with Gasteiger partial charge in [0.2, 0.25) is 0 Å². The second-order valence-corrected chi connectivity index (χ2v) is 6.38. The third-order valence-electron chi connectivity index (χ3n) is 4.15. The zero-order valence-electron chi connectivity index (χ0n) is 13.0. The summed E-state index contributed by atoms with van der Waals surface area (Å²) in [6.45, 7) is 5.38. The van der Waals surface area contributed by atoms with Crippen molar-refractivity contribution in [2.24, 2.45) is 0 Å². The van der Waals surface area contributed by atoms with Gasteiger partial charge < -0.3 is 5.32 Å². The Bertz CT molecular complexity index is 555. The minimum absolute atomic E-state index is 0.429. The molecule has 1 aliphatic carbocycles. The van der Waals surface area contributed by atoms with Crippen LogP contribution in [0.1, 0.15) is 49.9 Å². The maximum atomic E-state index is 4.71. The van der Waals surface area contributed by atoms with Crippen molar-refractivity contribution >= 4 is 0 Å². The summed E-state index contributed by atoms with van der Waals surface area (Å²) >= 11 is 0. The van der Waals surface area contributed by atoms with Crippen LogP contribution in [0.4, 0.5) is 0 Å². The number of hydrogen-bond donors (Lipinski definition) is 1. The Hall–Kier alpha value is -1.61. The van der Waals surface area contributed by atoms with Crippen molar-refractivity contribution in [1.82, 2.24) is 15.1 Å². The van der Waals surface area contributed by atoms with Crippen LogP contribution in [0.15, 0.2) is 42.6 Å². The fraction of sp³-hybridized carbons (Fsp3) is 0.500. The summed E-state index contributed by atoms with van der Waals surface area (Å²) in [4.78, 5) is 0. The Kier molecular flexibility index (Phi) is 4.39. The zero-order valence-corrected chi connectivity index (χ0v) is 13.0. The van der Waals surface area contributed by atoms with Gasteiger partial charge in [0, 0.05) is 30.7 Å². The molecule has 0 radical (unpaired) electrons. The van der Waals surface area contributed by atoms with E-state index in [4.69, 9.17) is 5.10 Å². The summed E-state index contributed by atoms with van der Waals surface area (Å²) in [6.07, 6.45) is 5.77. The van der Waals surface area contributed by atoms with Crippen molar-refractivity contribution in [3.05, 3.63) is 53.9 Å². The molecule has 1 atom stereocenters. The largest absolute Gasteiger partial charge is 0.313 e. The maximum absolute atomic E-state index is 4.71. The van der Waals surface area contributed by atoms with E-state index in [0.29, 0.717) is 12.0 Å². The van der Waals surface area contributed by atoms with Gasteiger partial charge in [0.25, 0.3) is 0 Å². The molecule has 1 unspecified atom stereocenters. The van der Waals surface area contributed by atoms with E-state index in [1.54, 1.807) is 0 Å². The van der Waals surface area contributed by atoms with Gasteiger partial charge in [-0.1, -0.05) is 30.3 Å². The van der Waals surface area contributed by atoms with Gasteiger partial charge >= 0.3 is 0 Å². The molecule has 1 saturated carbocycles. The normalized spacial score (nSPS) is 16.3. The lowest BCUT2D eigenvalue weighted by atomic mass is 9.94. The van der Waals surface area contributed by atoms with Gasteiger partial charge in [-0.05, 0) is 44.7 Å². The van der Waals surface area contributed by atoms with Crippen molar-refractivity contribution in [3.8, 4) is 0 Å². The minimum Gasteiger partial charge on any atom is -0.313 e. The highest BCUT2D eigenvalue weighted by Gasteiger charge is 2.23. The predicted octanol–water partition coefficient (Wildman–Crippen LogP) is 3.54. The van der Waals surface area contributed by atoms with E-state index in [-0.39, 0.29) is 0 Å². The Morgan fingerprint density at radius 1 is 1.19 bits per heavy atom. The summed E-state index contributed by atoms with van der Waals surface area (Å²) in [5, 5.41) is 8.38. The van der Waals surface area contributed by atoms with E-state index < -0.39 is 0 Å². The average Bonchev–Trinajstić information content (AvgIpc) is 3.20. The standard InChI is InChI=1S/C18H25N3/c1-14(2)21-11-10-18(20-21)12-16(13-19-17-8-9-17)15-6-4-3-5-7-15/h3-7,10-11,14,16-17,19H,8-9,12-13H2,1-2H3. The van der Waals surface area contributed by atoms with E-state index >= 15 is 0 Å².